The van der Waals surface area contributed by atoms with Crippen molar-refractivity contribution in [2.75, 3.05) is 26.2 Å². The normalized spacial score (nSPS) is 19.4. The Balaban J connectivity index is 2.18. The molecule has 0 amide bonds. The van der Waals surface area contributed by atoms with E-state index in [1.54, 1.807) is 6.33 Å². The number of hydrogen-bond donors (Lipinski definition) is 1. The van der Waals surface area contributed by atoms with Gasteiger partial charge >= 0.3 is 5.97 Å². The van der Waals surface area contributed by atoms with Crippen molar-refractivity contribution >= 4 is 5.97 Å². The molecular formula is C14H24N4O2. The fraction of sp³-hybridized carbons (Fsp3) is 0.714. The van der Waals surface area contributed by atoms with E-state index in [4.69, 9.17) is 0 Å². The lowest BCUT2D eigenvalue weighted by atomic mass is 10.1. The Bertz CT molecular complexity index is 456. The summed E-state index contributed by atoms with van der Waals surface area (Å²) in [6, 6.07) is -0.0873. The molecule has 1 aliphatic heterocycles. The smallest absolute Gasteiger partial charge is 0.327 e. The lowest BCUT2D eigenvalue weighted by Crippen LogP contribution is -2.51. The Hall–Kier alpha value is -1.40. The number of carbonyl (C=O) groups is 1. The molecule has 6 heteroatoms. The number of hydrogen-bond acceptors (Lipinski definition) is 4. The van der Waals surface area contributed by atoms with Gasteiger partial charge in [0.05, 0.1) is 17.7 Å². The highest BCUT2D eigenvalue weighted by Crippen LogP contribution is 2.25. The predicted molar refractivity (Wildman–Crippen MR) is 76.6 cm³/mol. The summed E-state index contributed by atoms with van der Waals surface area (Å²) in [6.07, 6.45) is 1.69. The van der Waals surface area contributed by atoms with Gasteiger partial charge in [-0.2, -0.15) is 0 Å². The van der Waals surface area contributed by atoms with Gasteiger partial charge in [0.2, 0.25) is 0 Å². The first-order chi connectivity index (χ1) is 9.41. The van der Waals surface area contributed by atoms with E-state index in [-0.39, 0.29) is 0 Å². The van der Waals surface area contributed by atoms with Crippen molar-refractivity contribution in [3.63, 3.8) is 0 Å². The Labute approximate surface area is 120 Å². The summed E-state index contributed by atoms with van der Waals surface area (Å²) in [7, 11) is 1.86. The molecule has 1 fully saturated rings. The molecule has 1 saturated heterocycles. The van der Waals surface area contributed by atoms with Crippen molar-refractivity contribution in [3.8, 4) is 0 Å². The minimum absolute atomic E-state index is 0.513. The van der Waals surface area contributed by atoms with Crippen LogP contribution < -0.4 is 0 Å². The van der Waals surface area contributed by atoms with Crippen molar-refractivity contribution < 1.29 is 9.90 Å². The maximum atomic E-state index is 11.7. The molecule has 1 aromatic rings. The minimum Gasteiger partial charge on any atom is -0.480 e. The second-order valence-corrected chi connectivity index (χ2v) is 5.73. The molecule has 1 atom stereocenters. The zero-order chi connectivity index (χ0) is 14.9. The molecule has 0 aliphatic carbocycles. The molecule has 1 unspecified atom stereocenters. The molecule has 20 heavy (non-hydrogen) atoms. The molecule has 6 nitrogen and oxygen atoms in total. The highest BCUT2D eigenvalue weighted by molar-refractivity contribution is 5.75. The van der Waals surface area contributed by atoms with Crippen LogP contribution >= 0.6 is 0 Å². The van der Waals surface area contributed by atoms with Crippen LogP contribution in [-0.4, -0.2) is 62.6 Å². The zero-order valence-corrected chi connectivity index (χ0v) is 12.7. The van der Waals surface area contributed by atoms with E-state index >= 15 is 0 Å². The first kappa shape index (κ1) is 15.0. The van der Waals surface area contributed by atoms with Crippen molar-refractivity contribution in [1.82, 2.24) is 19.4 Å². The first-order valence-electron chi connectivity index (χ1n) is 7.10. The van der Waals surface area contributed by atoms with E-state index < -0.39 is 12.0 Å². The van der Waals surface area contributed by atoms with Gasteiger partial charge in [-0.3, -0.25) is 14.6 Å². The topological polar surface area (TPSA) is 61.6 Å². The molecule has 0 radical (unpaired) electrons. The molecular weight excluding hydrogens is 256 g/mol. The summed E-state index contributed by atoms with van der Waals surface area (Å²) in [6.45, 7) is 9.61. The van der Waals surface area contributed by atoms with E-state index in [9.17, 15) is 9.90 Å². The number of carboxylic acids is 1. The summed E-state index contributed by atoms with van der Waals surface area (Å²) in [5.74, 6) is -0.797. The molecule has 0 saturated carbocycles. The fourth-order valence-corrected chi connectivity index (χ4v) is 2.91. The number of carboxylic acid groups (broad SMARTS) is 1. The van der Waals surface area contributed by atoms with Gasteiger partial charge in [0.1, 0.15) is 0 Å². The van der Waals surface area contributed by atoms with Gasteiger partial charge in [-0.05, 0) is 20.8 Å². The van der Waals surface area contributed by atoms with Crippen LogP contribution in [0.15, 0.2) is 6.33 Å². The quantitative estimate of drug-likeness (QED) is 0.887. The third-order valence-electron chi connectivity index (χ3n) is 4.11. The van der Waals surface area contributed by atoms with Crippen LogP contribution in [0.25, 0.3) is 0 Å². The van der Waals surface area contributed by atoms with Gasteiger partial charge in [0.15, 0.2) is 6.04 Å². The Morgan fingerprint density at radius 2 is 1.80 bits per heavy atom. The monoisotopic (exact) mass is 280 g/mol. The summed E-state index contributed by atoms with van der Waals surface area (Å²) < 4.78 is 1.82. The van der Waals surface area contributed by atoms with Gasteiger partial charge in [-0.25, -0.2) is 4.98 Å². The summed E-state index contributed by atoms with van der Waals surface area (Å²) in [4.78, 5) is 20.4. The number of piperazine rings is 1. The van der Waals surface area contributed by atoms with Crippen molar-refractivity contribution in [2.24, 2.45) is 7.05 Å². The van der Waals surface area contributed by atoms with Gasteiger partial charge in [-0.15, -0.1) is 0 Å². The number of imidazole rings is 1. The molecule has 1 aromatic heterocycles. The summed E-state index contributed by atoms with van der Waals surface area (Å²) >= 11 is 0. The van der Waals surface area contributed by atoms with Crippen LogP contribution in [0.2, 0.25) is 0 Å². The van der Waals surface area contributed by atoms with E-state index in [2.05, 4.69) is 23.7 Å². The Morgan fingerprint density at radius 1 is 1.25 bits per heavy atom. The zero-order valence-electron chi connectivity index (χ0n) is 12.7. The molecule has 0 bridgehead atoms. The Morgan fingerprint density at radius 3 is 2.20 bits per heavy atom. The van der Waals surface area contributed by atoms with Crippen LogP contribution in [0.4, 0.5) is 0 Å². The van der Waals surface area contributed by atoms with Gasteiger partial charge in [0, 0.05) is 39.3 Å². The largest absolute Gasteiger partial charge is 0.480 e. The van der Waals surface area contributed by atoms with E-state index in [1.807, 2.05) is 23.4 Å². The van der Waals surface area contributed by atoms with Crippen molar-refractivity contribution in [2.45, 2.75) is 32.9 Å². The number of aliphatic carboxylic acids is 1. The maximum Gasteiger partial charge on any atom is 0.327 e. The molecule has 0 spiro atoms. The molecule has 2 heterocycles. The van der Waals surface area contributed by atoms with Crippen LogP contribution in [0.3, 0.4) is 0 Å². The number of aromatic nitrogens is 2. The molecule has 2 rings (SSSR count). The second kappa shape index (κ2) is 5.93. The average Bonchev–Trinajstić information content (AvgIpc) is 2.71. The average molecular weight is 280 g/mol. The number of nitrogens with zero attached hydrogens (tertiary/aromatic N) is 4. The highest BCUT2D eigenvalue weighted by atomic mass is 16.4. The molecule has 1 N–H and O–H groups in total. The maximum absolute atomic E-state index is 11.7. The van der Waals surface area contributed by atoms with E-state index in [1.165, 1.54) is 0 Å². The fourth-order valence-electron chi connectivity index (χ4n) is 2.91. The molecule has 112 valence electrons. The number of rotatable bonds is 4. The Kier molecular flexibility index (Phi) is 4.45. The molecule has 0 aromatic carbocycles. The van der Waals surface area contributed by atoms with Gasteiger partial charge in [0.25, 0.3) is 0 Å². The predicted octanol–water partition coefficient (Wildman–Crippen LogP) is 0.880. The SMILES string of the molecule is Cc1ncn(C)c1C(C(=O)O)N1CCN(C(C)C)CC1. The minimum atomic E-state index is -0.797. The first-order valence-corrected chi connectivity index (χ1v) is 7.10. The van der Waals surface area contributed by atoms with Crippen molar-refractivity contribution in [3.05, 3.63) is 17.7 Å². The third kappa shape index (κ3) is 2.86. The van der Waals surface area contributed by atoms with Crippen LogP contribution in [0.1, 0.15) is 31.3 Å². The van der Waals surface area contributed by atoms with Crippen LogP contribution in [0, 0.1) is 6.92 Å². The van der Waals surface area contributed by atoms with Crippen molar-refractivity contribution in [1.29, 1.82) is 0 Å². The van der Waals surface area contributed by atoms with Gasteiger partial charge < -0.3 is 9.67 Å². The lowest BCUT2D eigenvalue weighted by Gasteiger charge is -2.39. The lowest BCUT2D eigenvalue weighted by molar-refractivity contribution is -0.144. The summed E-state index contributed by atoms with van der Waals surface area (Å²) in [5.41, 5.74) is 1.58. The van der Waals surface area contributed by atoms with Crippen LogP contribution in [0.5, 0.6) is 0 Å². The van der Waals surface area contributed by atoms with Gasteiger partial charge in [-0.1, -0.05) is 0 Å². The third-order valence-corrected chi connectivity index (χ3v) is 4.11. The highest BCUT2D eigenvalue weighted by Gasteiger charge is 2.33. The standard InChI is InChI=1S/C14H24N4O2/c1-10(2)17-5-7-18(8-6-17)13(14(19)20)12-11(3)15-9-16(12)4/h9-10,13H,5-8H2,1-4H3,(H,19,20). The second-order valence-electron chi connectivity index (χ2n) is 5.73. The number of aryl methyl sites for hydroxylation is 2. The summed E-state index contributed by atoms with van der Waals surface area (Å²) in [5, 5.41) is 9.62. The van der Waals surface area contributed by atoms with E-state index in [0.29, 0.717) is 6.04 Å². The van der Waals surface area contributed by atoms with Crippen LogP contribution in [-0.2, 0) is 11.8 Å². The molecule has 1 aliphatic rings. The van der Waals surface area contributed by atoms with E-state index in [0.717, 1.165) is 37.6 Å².